The van der Waals surface area contributed by atoms with Crippen LogP contribution >= 0.6 is 24.1 Å². The summed E-state index contributed by atoms with van der Waals surface area (Å²) >= 11 is 1.02. The first-order valence-electron chi connectivity index (χ1n) is 7.67. The predicted molar refractivity (Wildman–Crippen MR) is 101 cm³/mol. The van der Waals surface area contributed by atoms with E-state index in [9.17, 15) is 8.42 Å². The van der Waals surface area contributed by atoms with Gasteiger partial charge in [0.25, 0.3) is 0 Å². The SMILES string of the molecule is Cl.O=S(=O)(NCC1NCCc2ccccc21)c1cccc2nsnc12. The van der Waals surface area contributed by atoms with E-state index in [-0.39, 0.29) is 23.3 Å². The summed E-state index contributed by atoms with van der Waals surface area (Å²) in [5.74, 6) is 0. The number of benzene rings is 2. The number of nitrogens with one attached hydrogen (secondary N) is 2. The number of rotatable bonds is 4. The summed E-state index contributed by atoms with van der Waals surface area (Å²) in [6.45, 7) is 1.14. The molecule has 9 heteroatoms. The van der Waals surface area contributed by atoms with Crippen LogP contribution in [-0.2, 0) is 16.4 Å². The van der Waals surface area contributed by atoms with Gasteiger partial charge in [0.15, 0.2) is 0 Å². The van der Waals surface area contributed by atoms with Crippen molar-refractivity contribution in [1.29, 1.82) is 0 Å². The molecule has 4 rings (SSSR count). The third-order valence-electron chi connectivity index (χ3n) is 4.23. The Kier molecular flexibility index (Phi) is 5.35. The van der Waals surface area contributed by atoms with Gasteiger partial charge in [-0.3, -0.25) is 0 Å². The van der Waals surface area contributed by atoms with Crippen LogP contribution < -0.4 is 10.0 Å². The largest absolute Gasteiger partial charge is 0.308 e. The topological polar surface area (TPSA) is 84.0 Å². The predicted octanol–water partition coefficient (Wildman–Crippen LogP) is 2.28. The zero-order chi connectivity index (χ0) is 16.6. The zero-order valence-electron chi connectivity index (χ0n) is 13.2. The number of hydrogen-bond donors (Lipinski definition) is 2. The summed E-state index contributed by atoms with van der Waals surface area (Å²) in [6.07, 6.45) is 0.962. The number of aromatic nitrogens is 2. The van der Waals surface area contributed by atoms with Gasteiger partial charge in [0.1, 0.15) is 15.9 Å². The van der Waals surface area contributed by atoms with E-state index in [4.69, 9.17) is 0 Å². The van der Waals surface area contributed by atoms with Gasteiger partial charge in [-0.15, -0.1) is 12.4 Å². The van der Waals surface area contributed by atoms with Gasteiger partial charge in [-0.2, -0.15) is 8.75 Å². The van der Waals surface area contributed by atoms with Crippen molar-refractivity contribution in [1.82, 2.24) is 18.8 Å². The molecule has 0 radical (unpaired) electrons. The summed E-state index contributed by atoms with van der Waals surface area (Å²) in [6, 6.07) is 13.1. The van der Waals surface area contributed by atoms with Crippen molar-refractivity contribution in [3.8, 4) is 0 Å². The van der Waals surface area contributed by atoms with Gasteiger partial charge in [-0.1, -0.05) is 30.3 Å². The van der Waals surface area contributed by atoms with E-state index in [0.29, 0.717) is 17.6 Å². The molecule has 0 saturated carbocycles. The Morgan fingerprint density at radius 1 is 1.16 bits per heavy atom. The van der Waals surface area contributed by atoms with E-state index in [1.54, 1.807) is 18.2 Å². The highest BCUT2D eigenvalue weighted by Gasteiger charge is 2.24. The second-order valence-corrected chi connectivity index (χ2v) is 7.96. The van der Waals surface area contributed by atoms with Gasteiger partial charge >= 0.3 is 0 Å². The smallest absolute Gasteiger partial charge is 0.242 e. The fourth-order valence-corrected chi connectivity index (χ4v) is 4.86. The van der Waals surface area contributed by atoms with Crippen LogP contribution in [0, 0.1) is 0 Å². The lowest BCUT2D eigenvalue weighted by atomic mass is 9.95. The molecular formula is C16H17ClN4O2S2. The van der Waals surface area contributed by atoms with E-state index in [1.807, 2.05) is 18.2 Å². The molecule has 1 atom stereocenters. The Hall–Kier alpha value is -1.58. The van der Waals surface area contributed by atoms with Gasteiger partial charge in [0.05, 0.1) is 11.7 Å². The van der Waals surface area contributed by atoms with Crippen molar-refractivity contribution in [3.63, 3.8) is 0 Å². The molecule has 2 heterocycles. The molecule has 132 valence electrons. The van der Waals surface area contributed by atoms with E-state index < -0.39 is 10.0 Å². The van der Waals surface area contributed by atoms with Crippen LogP contribution in [0.3, 0.4) is 0 Å². The molecule has 0 bridgehead atoms. The first-order chi connectivity index (χ1) is 11.6. The maximum Gasteiger partial charge on any atom is 0.242 e. The highest BCUT2D eigenvalue weighted by Crippen LogP contribution is 2.24. The molecule has 0 saturated heterocycles. The molecule has 3 aromatic rings. The van der Waals surface area contributed by atoms with Crippen molar-refractivity contribution < 1.29 is 8.42 Å². The normalized spacial score (nSPS) is 17.0. The maximum atomic E-state index is 12.7. The average Bonchev–Trinajstić information content (AvgIpc) is 3.08. The Morgan fingerprint density at radius 3 is 2.88 bits per heavy atom. The van der Waals surface area contributed by atoms with Gasteiger partial charge < -0.3 is 5.32 Å². The molecule has 2 N–H and O–H groups in total. The number of hydrogen-bond acceptors (Lipinski definition) is 6. The Balaban J connectivity index is 0.00000182. The van der Waals surface area contributed by atoms with Gasteiger partial charge in [0.2, 0.25) is 10.0 Å². The van der Waals surface area contributed by atoms with E-state index in [1.165, 1.54) is 5.56 Å². The second-order valence-electron chi connectivity index (χ2n) is 5.70. The molecule has 1 aliphatic rings. The first kappa shape index (κ1) is 18.2. The second kappa shape index (κ2) is 7.35. The fourth-order valence-electron chi connectivity index (χ4n) is 3.04. The van der Waals surface area contributed by atoms with Crippen LogP contribution in [0.1, 0.15) is 17.2 Å². The lowest BCUT2D eigenvalue weighted by molar-refractivity contribution is 0.492. The summed E-state index contributed by atoms with van der Waals surface area (Å²) in [4.78, 5) is 0.179. The summed E-state index contributed by atoms with van der Waals surface area (Å²) in [5.41, 5.74) is 3.45. The van der Waals surface area contributed by atoms with E-state index in [2.05, 4.69) is 24.9 Å². The summed E-state index contributed by atoms with van der Waals surface area (Å²) in [7, 11) is -3.64. The average molecular weight is 397 g/mol. The Labute approximate surface area is 156 Å². The minimum absolute atomic E-state index is 0. The first-order valence-corrected chi connectivity index (χ1v) is 9.89. The van der Waals surface area contributed by atoms with Crippen molar-refractivity contribution in [2.24, 2.45) is 0 Å². The van der Waals surface area contributed by atoms with Crippen LogP contribution in [0.25, 0.3) is 11.0 Å². The van der Waals surface area contributed by atoms with Crippen LogP contribution in [0.2, 0.25) is 0 Å². The highest BCUT2D eigenvalue weighted by molar-refractivity contribution is 7.89. The molecule has 2 aromatic carbocycles. The van der Waals surface area contributed by atoms with Crippen LogP contribution in [-0.4, -0.2) is 30.3 Å². The summed E-state index contributed by atoms with van der Waals surface area (Å²) in [5, 5.41) is 3.38. The zero-order valence-corrected chi connectivity index (χ0v) is 15.6. The highest BCUT2D eigenvalue weighted by atomic mass is 35.5. The third-order valence-corrected chi connectivity index (χ3v) is 6.23. The summed E-state index contributed by atoms with van der Waals surface area (Å²) < 4.78 is 36.3. The molecule has 1 unspecified atom stereocenters. The van der Waals surface area contributed by atoms with Gasteiger partial charge in [-0.25, -0.2) is 13.1 Å². The molecule has 0 fully saturated rings. The van der Waals surface area contributed by atoms with Crippen molar-refractivity contribution >= 4 is 45.2 Å². The number of sulfonamides is 1. The molecule has 6 nitrogen and oxygen atoms in total. The lowest BCUT2D eigenvalue weighted by Gasteiger charge is -2.27. The van der Waals surface area contributed by atoms with Crippen molar-refractivity contribution in [2.75, 3.05) is 13.1 Å². The van der Waals surface area contributed by atoms with E-state index in [0.717, 1.165) is 30.3 Å². The standard InChI is InChI=1S/C16H16N4O2S2.ClH/c21-24(22,15-7-3-6-13-16(15)20-23-19-13)18-10-14-12-5-2-1-4-11(12)8-9-17-14;/h1-7,14,17-18H,8-10H2;1H. The van der Waals surface area contributed by atoms with Crippen LogP contribution in [0.5, 0.6) is 0 Å². The number of halogens is 1. The van der Waals surface area contributed by atoms with Crippen LogP contribution in [0.15, 0.2) is 47.4 Å². The van der Waals surface area contributed by atoms with Gasteiger partial charge in [-0.05, 0) is 36.2 Å². The molecule has 25 heavy (non-hydrogen) atoms. The maximum absolute atomic E-state index is 12.7. The number of nitrogens with zero attached hydrogens (tertiary/aromatic N) is 2. The molecule has 1 aromatic heterocycles. The number of fused-ring (bicyclic) bond motifs is 2. The molecular weight excluding hydrogens is 380 g/mol. The van der Waals surface area contributed by atoms with E-state index >= 15 is 0 Å². The third kappa shape index (κ3) is 3.54. The Bertz CT molecular complexity index is 990. The Morgan fingerprint density at radius 2 is 2.00 bits per heavy atom. The quantitative estimate of drug-likeness (QED) is 0.706. The van der Waals surface area contributed by atoms with Gasteiger partial charge in [0, 0.05) is 12.6 Å². The fraction of sp³-hybridized carbons (Fsp3) is 0.250. The molecule has 0 aliphatic carbocycles. The van der Waals surface area contributed by atoms with Crippen molar-refractivity contribution in [3.05, 3.63) is 53.6 Å². The lowest BCUT2D eigenvalue weighted by Crippen LogP contribution is -2.38. The van der Waals surface area contributed by atoms with Crippen molar-refractivity contribution in [2.45, 2.75) is 17.4 Å². The molecule has 0 spiro atoms. The minimum atomic E-state index is -3.64. The van der Waals surface area contributed by atoms with Crippen LogP contribution in [0.4, 0.5) is 0 Å². The monoisotopic (exact) mass is 396 g/mol. The molecule has 1 aliphatic heterocycles. The molecule has 0 amide bonds. The minimum Gasteiger partial charge on any atom is -0.308 e.